The van der Waals surface area contributed by atoms with Crippen LogP contribution in [-0.2, 0) is 20.9 Å². The first-order chi connectivity index (χ1) is 13.0. The van der Waals surface area contributed by atoms with Crippen molar-refractivity contribution >= 4 is 46.6 Å². The fourth-order valence-corrected chi connectivity index (χ4v) is 3.66. The lowest BCUT2D eigenvalue weighted by atomic mass is 10.2. The van der Waals surface area contributed by atoms with Gasteiger partial charge in [-0.05, 0) is 49.7 Å². The second kappa shape index (κ2) is 11.6. The van der Waals surface area contributed by atoms with Crippen LogP contribution in [0.15, 0.2) is 47.4 Å². The van der Waals surface area contributed by atoms with E-state index in [2.05, 4.69) is 5.32 Å². The van der Waals surface area contributed by atoms with Gasteiger partial charge in [0.2, 0.25) is 5.91 Å². The molecule has 7 heteroatoms. The Labute approximate surface area is 174 Å². The van der Waals surface area contributed by atoms with Crippen LogP contribution < -0.4 is 5.32 Å². The number of halogens is 2. The summed E-state index contributed by atoms with van der Waals surface area (Å²) >= 11 is 13.5. The third-order valence-corrected chi connectivity index (χ3v) is 5.44. The van der Waals surface area contributed by atoms with Crippen LogP contribution in [0.2, 0.25) is 10.0 Å². The third-order valence-electron chi connectivity index (χ3n) is 3.61. The second-order valence-electron chi connectivity index (χ2n) is 5.77. The number of thioether (sulfide) groups is 1. The van der Waals surface area contributed by atoms with Gasteiger partial charge in [-0.15, -0.1) is 11.8 Å². The van der Waals surface area contributed by atoms with Crippen LogP contribution in [0.4, 0.5) is 5.69 Å². The van der Waals surface area contributed by atoms with E-state index in [1.54, 1.807) is 18.2 Å². The third kappa shape index (κ3) is 7.72. The van der Waals surface area contributed by atoms with Crippen LogP contribution in [0.25, 0.3) is 0 Å². The highest BCUT2D eigenvalue weighted by Gasteiger charge is 2.16. The van der Waals surface area contributed by atoms with Crippen molar-refractivity contribution in [2.45, 2.75) is 30.6 Å². The monoisotopic (exact) mass is 427 g/mol. The van der Waals surface area contributed by atoms with E-state index in [9.17, 15) is 4.79 Å². The largest absolute Gasteiger partial charge is 0.379 e. The standard InChI is InChI=1S/C20H23Cl2NO3S/c1-3-25-9-10-26-13-15-5-4-6-17(11-15)23-20(24)14(2)27-19-12-16(21)7-8-18(19)22/h4-8,11-12,14H,3,9-10,13H2,1-2H3,(H,23,24). The van der Waals surface area contributed by atoms with E-state index in [-0.39, 0.29) is 11.2 Å². The summed E-state index contributed by atoms with van der Waals surface area (Å²) in [6, 6.07) is 12.8. The number of hydrogen-bond acceptors (Lipinski definition) is 4. The molecule has 0 spiro atoms. The Bertz CT molecular complexity index is 758. The molecule has 1 amide bonds. The number of amides is 1. The summed E-state index contributed by atoms with van der Waals surface area (Å²) in [6.45, 7) is 6.05. The number of nitrogens with one attached hydrogen (secondary N) is 1. The quantitative estimate of drug-likeness (QED) is 0.392. The molecule has 0 radical (unpaired) electrons. The number of ether oxygens (including phenoxy) is 2. The van der Waals surface area contributed by atoms with E-state index < -0.39 is 0 Å². The molecule has 0 bridgehead atoms. The zero-order valence-electron chi connectivity index (χ0n) is 15.3. The maximum atomic E-state index is 12.5. The first-order valence-electron chi connectivity index (χ1n) is 8.66. The number of anilines is 1. The topological polar surface area (TPSA) is 47.6 Å². The van der Waals surface area contributed by atoms with Gasteiger partial charge in [0.25, 0.3) is 0 Å². The summed E-state index contributed by atoms with van der Waals surface area (Å²) in [5, 5.41) is 3.77. The molecule has 0 heterocycles. The summed E-state index contributed by atoms with van der Waals surface area (Å²) in [7, 11) is 0. The first kappa shape index (κ1) is 22.1. The zero-order chi connectivity index (χ0) is 19.6. The number of rotatable bonds is 10. The predicted molar refractivity (Wildman–Crippen MR) is 113 cm³/mol. The van der Waals surface area contributed by atoms with Gasteiger partial charge < -0.3 is 14.8 Å². The number of carbonyl (C=O) groups excluding carboxylic acids is 1. The van der Waals surface area contributed by atoms with Crippen LogP contribution >= 0.6 is 35.0 Å². The lowest BCUT2D eigenvalue weighted by Gasteiger charge is -2.14. The van der Waals surface area contributed by atoms with Crippen molar-refractivity contribution in [2.75, 3.05) is 25.1 Å². The number of hydrogen-bond donors (Lipinski definition) is 1. The van der Waals surface area contributed by atoms with Crippen LogP contribution in [0, 0.1) is 0 Å². The van der Waals surface area contributed by atoms with Gasteiger partial charge in [-0.25, -0.2) is 0 Å². The second-order valence-corrected chi connectivity index (χ2v) is 8.00. The van der Waals surface area contributed by atoms with E-state index in [4.69, 9.17) is 32.7 Å². The van der Waals surface area contributed by atoms with Crippen molar-refractivity contribution in [1.82, 2.24) is 0 Å². The molecule has 1 N–H and O–H groups in total. The minimum atomic E-state index is -0.327. The van der Waals surface area contributed by atoms with Gasteiger partial charge in [-0.3, -0.25) is 4.79 Å². The lowest BCUT2D eigenvalue weighted by molar-refractivity contribution is -0.115. The van der Waals surface area contributed by atoms with Crippen molar-refractivity contribution in [3.8, 4) is 0 Å². The smallest absolute Gasteiger partial charge is 0.237 e. The first-order valence-corrected chi connectivity index (χ1v) is 10.3. The van der Waals surface area contributed by atoms with Crippen molar-refractivity contribution in [3.05, 3.63) is 58.1 Å². The van der Waals surface area contributed by atoms with Crippen LogP contribution in [-0.4, -0.2) is 31.0 Å². The molecule has 1 unspecified atom stereocenters. The minimum absolute atomic E-state index is 0.106. The molecule has 0 fully saturated rings. The van der Waals surface area contributed by atoms with Gasteiger partial charge in [0.15, 0.2) is 0 Å². The molecule has 0 aromatic heterocycles. The summed E-state index contributed by atoms with van der Waals surface area (Å²) in [5.41, 5.74) is 1.72. The minimum Gasteiger partial charge on any atom is -0.379 e. The van der Waals surface area contributed by atoms with E-state index in [1.165, 1.54) is 11.8 Å². The molecule has 4 nitrogen and oxygen atoms in total. The lowest BCUT2D eigenvalue weighted by Crippen LogP contribution is -2.22. The maximum absolute atomic E-state index is 12.5. The highest BCUT2D eigenvalue weighted by Crippen LogP contribution is 2.33. The average molecular weight is 428 g/mol. The van der Waals surface area contributed by atoms with E-state index >= 15 is 0 Å². The Morgan fingerprint density at radius 1 is 1.15 bits per heavy atom. The Kier molecular flexibility index (Phi) is 9.45. The van der Waals surface area contributed by atoms with Crippen LogP contribution in [0.3, 0.4) is 0 Å². The fraction of sp³-hybridized carbons (Fsp3) is 0.350. The van der Waals surface area contributed by atoms with Crippen LogP contribution in [0.1, 0.15) is 19.4 Å². The molecular weight excluding hydrogens is 405 g/mol. The van der Waals surface area contributed by atoms with Gasteiger partial charge in [0, 0.05) is 22.2 Å². The Morgan fingerprint density at radius 3 is 2.70 bits per heavy atom. The van der Waals surface area contributed by atoms with Crippen molar-refractivity contribution < 1.29 is 14.3 Å². The predicted octanol–water partition coefficient (Wildman–Crippen LogP) is 5.67. The van der Waals surface area contributed by atoms with E-state index in [0.717, 1.165) is 16.1 Å². The molecule has 0 saturated heterocycles. The molecule has 0 aliphatic carbocycles. The zero-order valence-corrected chi connectivity index (χ0v) is 17.7. The Morgan fingerprint density at radius 2 is 1.93 bits per heavy atom. The maximum Gasteiger partial charge on any atom is 0.237 e. The highest BCUT2D eigenvalue weighted by atomic mass is 35.5. The van der Waals surface area contributed by atoms with Crippen LogP contribution in [0.5, 0.6) is 0 Å². The van der Waals surface area contributed by atoms with E-state index in [0.29, 0.717) is 36.5 Å². The normalized spacial score (nSPS) is 12.0. The molecule has 2 rings (SSSR count). The molecule has 0 aliphatic rings. The molecule has 27 heavy (non-hydrogen) atoms. The van der Waals surface area contributed by atoms with Crippen molar-refractivity contribution in [2.24, 2.45) is 0 Å². The van der Waals surface area contributed by atoms with Gasteiger partial charge in [-0.2, -0.15) is 0 Å². The fourth-order valence-electron chi connectivity index (χ4n) is 2.25. The Balaban J connectivity index is 1.89. The summed E-state index contributed by atoms with van der Waals surface area (Å²) in [5.74, 6) is -0.106. The van der Waals surface area contributed by atoms with Gasteiger partial charge in [0.1, 0.15) is 0 Å². The van der Waals surface area contributed by atoms with Crippen molar-refractivity contribution in [3.63, 3.8) is 0 Å². The summed E-state index contributed by atoms with van der Waals surface area (Å²) in [6.07, 6.45) is 0. The van der Waals surface area contributed by atoms with Gasteiger partial charge in [0.05, 0.1) is 30.1 Å². The molecule has 0 aliphatic heterocycles. The van der Waals surface area contributed by atoms with E-state index in [1.807, 2.05) is 38.1 Å². The molecule has 2 aromatic carbocycles. The average Bonchev–Trinajstić information content (AvgIpc) is 2.65. The molecular formula is C20H23Cl2NO3S. The van der Waals surface area contributed by atoms with Gasteiger partial charge >= 0.3 is 0 Å². The molecule has 1 atom stereocenters. The summed E-state index contributed by atoms with van der Waals surface area (Å²) in [4.78, 5) is 13.3. The Hall–Kier alpha value is -1.24. The number of carbonyl (C=O) groups is 1. The molecule has 146 valence electrons. The molecule has 0 saturated carbocycles. The molecule has 2 aromatic rings. The SMILES string of the molecule is CCOCCOCc1cccc(NC(=O)C(C)Sc2cc(Cl)ccc2Cl)c1. The number of benzene rings is 2. The van der Waals surface area contributed by atoms with Gasteiger partial charge in [-0.1, -0.05) is 35.3 Å². The summed E-state index contributed by atoms with van der Waals surface area (Å²) < 4.78 is 10.8. The van der Waals surface area contributed by atoms with Crippen molar-refractivity contribution in [1.29, 1.82) is 0 Å². The highest BCUT2D eigenvalue weighted by molar-refractivity contribution is 8.00.